The Hall–Kier alpha value is -1.93. The topological polar surface area (TPSA) is 92.8 Å². The summed E-state index contributed by atoms with van der Waals surface area (Å²) in [4.78, 5) is 24.2. The van der Waals surface area contributed by atoms with Crippen molar-refractivity contribution < 1.29 is 22.7 Å². The molecule has 0 atom stereocenters. The van der Waals surface area contributed by atoms with E-state index in [1.54, 1.807) is 6.92 Å². The van der Waals surface area contributed by atoms with Crippen LogP contribution in [-0.2, 0) is 19.6 Å². The van der Waals surface area contributed by atoms with E-state index in [1.165, 1.54) is 28.6 Å². The molecule has 0 aliphatic carbocycles. The summed E-state index contributed by atoms with van der Waals surface area (Å²) in [5.74, 6) is 0.0136. The summed E-state index contributed by atoms with van der Waals surface area (Å²) in [5, 5.41) is 2.97. The van der Waals surface area contributed by atoms with Gasteiger partial charge in [-0.25, -0.2) is 13.2 Å². The molecule has 1 aliphatic heterocycles. The first-order chi connectivity index (χ1) is 13.8. The monoisotopic (exact) mass is 424 g/mol. The molecule has 7 nitrogen and oxygen atoms in total. The summed E-state index contributed by atoms with van der Waals surface area (Å²) in [7, 11) is -3.65. The minimum Gasteiger partial charge on any atom is -0.462 e. The maximum absolute atomic E-state index is 12.9. The number of ether oxygens (including phenoxy) is 1. The zero-order valence-electron chi connectivity index (χ0n) is 17.5. The Kier molecular flexibility index (Phi) is 8.64. The Morgan fingerprint density at radius 1 is 1.17 bits per heavy atom. The van der Waals surface area contributed by atoms with Gasteiger partial charge in [0.25, 0.3) is 0 Å². The van der Waals surface area contributed by atoms with E-state index in [2.05, 4.69) is 19.2 Å². The van der Waals surface area contributed by atoms with Gasteiger partial charge in [0.1, 0.15) is 0 Å². The van der Waals surface area contributed by atoms with Crippen molar-refractivity contribution in [1.82, 2.24) is 9.62 Å². The second-order valence-corrected chi connectivity index (χ2v) is 9.69. The van der Waals surface area contributed by atoms with E-state index in [9.17, 15) is 18.0 Å². The average Bonchev–Trinajstić information content (AvgIpc) is 2.71. The SMILES string of the molecule is CCOC(=O)c1ccc(S(=O)(=O)N2CCC(C(=O)NCCCC(C)C)CC2)cc1. The van der Waals surface area contributed by atoms with Crippen LogP contribution in [0.2, 0.25) is 0 Å². The second-order valence-electron chi connectivity index (χ2n) is 7.75. The summed E-state index contributed by atoms with van der Waals surface area (Å²) in [5.41, 5.74) is 0.318. The smallest absolute Gasteiger partial charge is 0.338 e. The van der Waals surface area contributed by atoms with Gasteiger partial charge < -0.3 is 10.1 Å². The van der Waals surface area contributed by atoms with E-state index in [0.29, 0.717) is 44.0 Å². The zero-order valence-corrected chi connectivity index (χ0v) is 18.3. The van der Waals surface area contributed by atoms with Crippen LogP contribution in [0.5, 0.6) is 0 Å². The lowest BCUT2D eigenvalue weighted by Crippen LogP contribution is -2.43. The van der Waals surface area contributed by atoms with Gasteiger partial charge in [0.05, 0.1) is 17.1 Å². The van der Waals surface area contributed by atoms with Gasteiger partial charge in [-0.05, 0) is 62.8 Å². The van der Waals surface area contributed by atoms with Gasteiger partial charge in [-0.3, -0.25) is 4.79 Å². The van der Waals surface area contributed by atoms with Crippen molar-refractivity contribution in [2.24, 2.45) is 11.8 Å². The van der Waals surface area contributed by atoms with Gasteiger partial charge in [-0.2, -0.15) is 4.31 Å². The van der Waals surface area contributed by atoms with Crippen LogP contribution >= 0.6 is 0 Å². The molecule has 2 rings (SSSR count). The van der Waals surface area contributed by atoms with E-state index in [4.69, 9.17) is 4.74 Å². The summed E-state index contributed by atoms with van der Waals surface area (Å²) in [6.45, 7) is 7.58. The highest BCUT2D eigenvalue weighted by molar-refractivity contribution is 7.89. The molecule has 1 aromatic carbocycles. The Morgan fingerprint density at radius 3 is 2.34 bits per heavy atom. The van der Waals surface area contributed by atoms with Crippen molar-refractivity contribution in [2.75, 3.05) is 26.2 Å². The summed E-state index contributed by atoms with van der Waals surface area (Å²) < 4.78 is 32.0. The fraction of sp³-hybridized carbons (Fsp3) is 0.619. The normalized spacial score (nSPS) is 16.0. The molecule has 0 saturated carbocycles. The maximum Gasteiger partial charge on any atom is 0.338 e. The van der Waals surface area contributed by atoms with Crippen molar-refractivity contribution in [1.29, 1.82) is 0 Å². The van der Waals surface area contributed by atoms with Crippen molar-refractivity contribution in [2.45, 2.75) is 51.3 Å². The molecule has 1 amide bonds. The van der Waals surface area contributed by atoms with Gasteiger partial charge in [0, 0.05) is 25.6 Å². The highest BCUT2D eigenvalue weighted by atomic mass is 32.2. The van der Waals surface area contributed by atoms with Crippen LogP contribution in [0.1, 0.15) is 56.8 Å². The molecule has 0 radical (unpaired) electrons. The molecular formula is C21H32N2O5S. The number of benzene rings is 1. The van der Waals surface area contributed by atoms with Gasteiger partial charge in [-0.1, -0.05) is 13.8 Å². The zero-order chi connectivity index (χ0) is 21.4. The number of hydrogen-bond acceptors (Lipinski definition) is 5. The van der Waals surface area contributed by atoms with Crippen molar-refractivity contribution in [3.8, 4) is 0 Å². The van der Waals surface area contributed by atoms with E-state index in [-0.39, 0.29) is 23.3 Å². The van der Waals surface area contributed by atoms with Gasteiger partial charge in [0.2, 0.25) is 15.9 Å². The lowest BCUT2D eigenvalue weighted by atomic mass is 9.97. The van der Waals surface area contributed by atoms with E-state index < -0.39 is 16.0 Å². The summed E-state index contributed by atoms with van der Waals surface area (Å²) in [6, 6.07) is 5.77. The number of nitrogens with zero attached hydrogens (tertiary/aromatic N) is 1. The third-order valence-corrected chi connectivity index (χ3v) is 7.00. The molecule has 0 bridgehead atoms. The summed E-state index contributed by atoms with van der Waals surface area (Å²) in [6.07, 6.45) is 3.05. The van der Waals surface area contributed by atoms with Crippen LogP contribution in [0.15, 0.2) is 29.2 Å². The average molecular weight is 425 g/mol. The molecule has 1 saturated heterocycles. The molecule has 162 valence electrons. The fourth-order valence-corrected chi connectivity index (χ4v) is 4.82. The minimum atomic E-state index is -3.65. The number of nitrogens with one attached hydrogen (secondary N) is 1. The number of piperidine rings is 1. The first kappa shape index (κ1) is 23.3. The minimum absolute atomic E-state index is 0.0181. The standard InChI is InChI=1S/C21H32N2O5S/c1-4-28-21(25)18-7-9-19(10-8-18)29(26,27)23-14-11-17(12-15-23)20(24)22-13-5-6-16(2)3/h7-10,16-17H,4-6,11-15H2,1-3H3,(H,22,24). The number of amides is 1. The molecule has 8 heteroatoms. The third-order valence-electron chi connectivity index (χ3n) is 5.09. The first-order valence-electron chi connectivity index (χ1n) is 10.3. The van der Waals surface area contributed by atoms with Crippen molar-refractivity contribution in [3.63, 3.8) is 0 Å². The number of carbonyl (C=O) groups excluding carboxylic acids is 2. The lowest BCUT2D eigenvalue weighted by molar-refractivity contribution is -0.126. The molecular weight excluding hydrogens is 392 g/mol. The number of hydrogen-bond donors (Lipinski definition) is 1. The predicted molar refractivity (Wildman–Crippen MR) is 111 cm³/mol. The van der Waals surface area contributed by atoms with Crippen LogP contribution in [0.3, 0.4) is 0 Å². The second kappa shape index (κ2) is 10.7. The van der Waals surface area contributed by atoms with Crippen LogP contribution in [-0.4, -0.2) is 50.8 Å². The molecule has 1 aromatic rings. The quantitative estimate of drug-likeness (QED) is 0.486. The number of carbonyl (C=O) groups is 2. The molecule has 1 N–H and O–H groups in total. The molecule has 1 heterocycles. The van der Waals surface area contributed by atoms with Crippen LogP contribution < -0.4 is 5.32 Å². The summed E-state index contributed by atoms with van der Waals surface area (Å²) >= 11 is 0. The van der Waals surface area contributed by atoms with E-state index in [0.717, 1.165) is 12.8 Å². The molecule has 1 aliphatic rings. The Balaban J connectivity index is 1.89. The Labute approximate surface area is 173 Å². The molecule has 1 fully saturated rings. The number of esters is 1. The first-order valence-corrected chi connectivity index (χ1v) is 11.7. The largest absolute Gasteiger partial charge is 0.462 e. The van der Waals surface area contributed by atoms with Crippen LogP contribution in [0.25, 0.3) is 0 Å². The fourth-order valence-electron chi connectivity index (χ4n) is 3.35. The molecule has 0 spiro atoms. The third kappa shape index (κ3) is 6.54. The highest BCUT2D eigenvalue weighted by Gasteiger charge is 2.32. The van der Waals surface area contributed by atoms with Crippen molar-refractivity contribution in [3.05, 3.63) is 29.8 Å². The van der Waals surface area contributed by atoms with Crippen LogP contribution in [0.4, 0.5) is 0 Å². The Bertz CT molecular complexity index is 782. The lowest BCUT2D eigenvalue weighted by Gasteiger charge is -2.30. The Morgan fingerprint density at radius 2 is 1.79 bits per heavy atom. The van der Waals surface area contributed by atoms with Gasteiger partial charge in [-0.15, -0.1) is 0 Å². The van der Waals surface area contributed by atoms with E-state index >= 15 is 0 Å². The van der Waals surface area contributed by atoms with Crippen molar-refractivity contribution >= 4 is 21.9 Å². The highest BCUT2D eigenvalue weighted by Crippen LogP contribution is 2.24. The molecule has 0 unspecified atom stereocenters. The van der Waals surface area contributed by atoms with Gasteiger partial charge in [0.15, 0.2) is 0 Å². The maximum atomic E-state index is 12.9. The number of sulfonamides is 1. The molecule has 29 heavy (non-hydrogen) atoms. The predicted octanol–water partition coefficient (Wildman–Crippen LogP) is 2.82. The number of rotatable bonds is 9. The van der Waals surface area contributed by atoms with Crippen LogP contribution in [0, 0.1) is 11.8 Å². The van der Waals surface area contributed by atoms with Gasteiger partial charge >= 0.3 is 5.97 Å². The molecule has 0 aromatic heterocycles. The van der Waals surface area contributed by atoms with E-state index in [1.807, 2.05) is 0 Å².